The summed E-state index contributed by atoms with van der Waals surface area (Å²) in [5.41, 5.74) is 2.04. The van der Waals surface area contributed by atoms with E-state index >= 15 is 0 Å². The van der Waals surface area contributed by atoms with Crippen LogP contribution in [-0.2, 0) is 17.8 Å². The second-order valence-corrected chi connectivity index (χ2v) is 6.20. The Morgan fingerprint density at radius 3 is 2.77 bits per heavy atom. The summed E-state index contributed by atoms with van der Waals surface area (Å²) in [4.78, 5) is 17.7. The molecule has 0 aliphatic rings. The summed E-state index contributed by atoms with van der Waals surface area (Å²) in [5, 5.41) is 3.66. The molecule has 0 aliphatic carbocycles. The third-order valence-electron chi connectivity index (χ3n) is 3.24. The Morgan fingerprint density at radius 1 is 1.23 bits per heavy atom. The van der Waals surface area contributed by atoms with Gasteiger partial charge in [0, 0.05) is 10.4 Å². The zero-order valence-corrected chi connectivity index (χ0v) is 13.0. The maximum absolute atomic E-state index is 12.0. The molecule has 1 amide bonds. The highest BCUT2D eigenvalue weighted by atomic mass is 32.1. The molecule has 0 fully saturated rings. The van der Waals surface area contributed by atoms with Gasteiger partial charge in [-0.05, 0) is 19.1 Å². The van der Waals surface area contributed by atoms with Crippen LogP contribution >= 0.6 is 11.3 Å². The smallest absolute Gasteiger partial charge is 0.227 e. The van der Waals surface area contributed by atoms with Crippen LogP contribution in [0.5, 0.6) is 0 Å². The highest BCUT2D eigenvalue weighted by Crippen LogP contribution is 2.27. The highest BCUT2D eigenvalue weighted by molar-refractivity contribution is 7.12. The number of carbonyl (C=O) groups excluding carboxylic acids is 1. The van der Waals surface area contributed by atoms with Gasteiger partial charge >= 0.3 is 0 Å². The first-order valence-corrected chi connectivity index (χ1v) is 7.85. The Hall–Kier alpha value is -2.40. The molecule has 22 heavy (non-hydrogen) atoms. The lowest BCUT2D eigenvalue weighted by Crippen LogP contribution is -2.24. The van der Waals surface area contributed by atoms with Crippen LogP contribution in [0.15, 0.2) is 53.1 Å². The Balaban J connectivity index is 1.64. The van der Waals surface area contributed by atoms with Crippen molar-refractivity contribution >= 4 is 17.2 Å². The van der Waals surface area contributed by atoms with Crippen LogP contribution in [0.1, 0.15) is 15.6 Å². The van der Waals surface area contributed by atoms with Gasteiger partial charge in [0.15, 0.2) is 0 Å². The fourth-order valence-corrected chi connectivity index (χ4v) is 3.14. The minimum atomic E-state index is -0.0511. The monoisotopic (exact) mass is 312 g/mol. The molecule has 1 aromatic carbocycles. The predicted octanol–water partition coefficient (Wildman–Crippen LogP) is 3.57. The molecule has 3 aromatic rings. The molecule has 0 saturated carbocycles. The lowest BCUT2D eigenvalue weighted by Gasteiger charge is -2.01. The Bertz CT molecular complexity index is 748. The minimum Gasteiger partial charge on any atom is -0.467 e. The number of aromatic nitrogens is 1. The van der Waals surface area contributed by atoms with E-state index < -0.39 is 0 Å². The molecule has 0 spiro atoms. The first-order chi connectivity index (χ1) is 10.7. The number of carbonyl (C=O) groups is 1. The lowest BCUT2D eigenvalue weighted by molar-refractivity contribution is -0.120. The van der Waals surface area contributed by atoms with Crippen LogP contribution in [0.2, 0.25) is 0 Å². The molecule has 4 nitrogen and oxygen atoms in total. The standard InChI is InChI=1S/C17H16N2O2S/c1-12-17(13-6-3-2-4-7-13)19-16(22-12)10-15(20)18-11-14-8-5-9-21-14/h2-9H,10-11H2,1H3,(H,18,20). The van der Waals surface area contributed by atoms with Gasteiger partial charge in [0.1, 0.15) is 10.8 Å². The maximum Gasteiger partial charge on any atom is 0.227 e. The average molecular weight is 312 g/mol. The Labute approximate surface area is 132 Å². The van der Waals surface area contributed by atoms with E-state index in [1.807, 2.05) is 43.3 Å². The summed E-state index contributed by atoms with van der Waals surface area (Å²) in [6, 6.07) is 13.7. The summed E-state index contributed by atoms with van der Waals surface area (Å²) in [6.07, 6.45) is 1.89. The molecule has 1 N–H and O–H groups in total. The first kappa shape index (κ1) is 14.5. The molecule has 0 atom stereocenters. The largest absolute Gasteiger partial charge is 0.467 e. The van der Waals surface area contributed by atoms with Crippen molar-refractivity contribution in [2.24, 2.45) is 0 Å². The highest BCUT2D eigenvalue weighted by Gasteiger charge is 2.12. The van der Waals surface area contributed by atoms with Gasteiger partial charge in [0.25, 0.3) is 0 Å². The van der Waals surface area contributed by atoms with Crippen molar-refractivity contribution in [3.05, 3.63) is 64.4 Å². The third-order valence-corrected chi connectivity index (χ3v) is 4.21. The van der Waals surface area contributed by atoms with Crippen molar-refractivity contribution in [3.8, 4) is 11.3 Å². The molecule has 2 aromatic heterocycles. The van der Waals surface area contributed by atoms with Gasteiger partial charge in [-0.3, -0.25) is 4.79 Å². The zero-order chi connectivity index (χ0) is 15.4. The number of hydrogen-bond donors (Lipinski definition) is 1. The molecule has 3 rings (SSSR count). The van der Waals surface area contributed by atoms with Gasteiger partial charge in [-0.15, -0.1) is 11.3 Å². The lowest BCUT2D eigenvalue weighted by atomic mass is 10.1. The van der Waals surface area contributed by atoms with Gasteiger partial charge in [0.2, 0.25) is 5.91 Å². The molecule has 5 heteroatoms. The van der Waals surface area contributed by atoms with Gasteiger partial charge in [-0.1, -0.05) is 30.3 Å². The van der Waals surface area contributed by atoms with E-state index in [0.29, 0.717) is 13.0 Å². The van der Waals surface area contributed by atoms with Crippen molar-refractivity contribution in [3.63, 3.8) is 0 Å². The maximum atomic E-state index is 12.0. The van der Waals surface area contributed by atoms with Crippen LogP contribution < -0.4 is 5.32 Å². The molecule has 0 bridgehead atoms. The number of nitrogens with zero attached hydrogens (tertiary/aromatic N) is 1. The van der Waals surface area contributed by atoms with Crippen molar-refractivity contribution in [1.82, 2.24) is 10.3 Å². The van der Waals surface area contributed by atoms with E-state index in [1.54, 1.807) is 23.7 Å². The Morgan fingerprint density at radius 2 is 2.05 bits per heavy atom. The van der Waals surface area contributed by atoms with E-state index in [9.17, 15) is 4.79 Å². The van der Waals surface area contributed by atoms with E-state index in [2.05, 4.69) is 10.3 Å². The van der Waals surface area contributed by atoms with Crippen LogP contribution in [-0.4, -0.2) is 10.9 Å². The number of furan rings is 1. The van der Waals surface area contributed by atoms with E-state index in [4.69, 9.17) is 4.42 Å². The minimum absolute atomic E-state index is 0.0511. The number of amides is 1. The third kappa shape index (κ3) is 3.43. The summed E-state index contributed by atoms with van der Waals surface area (Å²) < 4.78 is 5.19. The summed E-state index contributed by atoms with van der Waals surface area (Å²) >= 11 is 1.57. The van der Waals surface area contributed by atoms with Crippen LogP contribution in [0.4, 0.5) is 0 Å². The second-order valence-electron chi connectivity index (χ2n) is 4.91. The van der Waals surface area contributed by atoms with Crippen molar-refractivity contribution in [2.75, 3.05) is 0 Å². The van der Waals surface area contributed by atoms with Gasteiger partial charge in [-0.2, -0.15) is 0 Å². The molecule has 112 valence electrons. The fraction of sp³-hybridized carbons (Fsp3) is 0.176. The van der Waals surface area contributed by atoms with Crippen LogP contribution in [0, 0.1) is 6.92 Å². The summed E-state index contributed by atoms with van der Waals surface area (Å²) in [7, 11) is 0. The van der Waals surface area contributed by atoms with Crippen molar-refractivity contribution in [2.45, 2.75) is 19.9 Å². The van der Waals surface area contributed by atoms with E-state index in [1.165, 1.54) is 0 Å². The molecule has 0 radical (unpaired) electrons. The van der Waals surface area contributed by atoms with Gasteiger partial charge in [-0.25, -0.2) is 4.98 Å². The summed E-state index contributed by atoms with van der Waals surface area (Å²) in [6.45, 7) is 2.44. The molecule has 0 saturated heterocycles. The predicted molar refractivity (Wildman–Crippen MR) is 86.5 cm³/mol. The van der Waals surface area contributed by atoms with Crippen molar-refractivity contribution < 1.29 is 9.21 Å². The van der Waals surface area contributed by atoms with E-state index in [-0.39, 0.29) is 5.91 Å². The fourth-order valence-electron chi connectivity index (χ4n) is 2.19. The van der Waals surface area contributed by atoms with E-state index in [0.717, 1.165) is 26.9 Å². The SMILES string of the molecule is Cc1sc(CC(=O)NCc2ccco2)nc1-c1ccccc1. The molecule has 2 heterocycles. The quantitative estimate of drug-likeness (QED) is 0.783. The summed E-state index contributed by atoms with van der Waals surface area (Å²) in [5.74, 6) is 0.693. The normalized spacial score (nSPS) is 10.6. The molecule has 0 unspecified atom stereocenters. The Kier molecular flexibility index (Phi) is 4.34. The number of benzene rings is 1. The topological polar surface area (TPSA) is 55.1 Å². The van der Waals surface area contributed by atoms with Gasteiger partial charge in [0.05, 0.1) is 24.9 Å². The van der Waals surface area contributed by atoms with Crippen LogP contribution in [0.3, 0.4) is 0 Å². The first-order valence-electron chi connectivity index (χ1n) is 7.03. The molecule has 0 aliphatic heterocycles. The number of rotatable bonds is 5. The van der Waals surface area contributed by atoms with Crippen molar-refractivity contribution in [1.29, 1.82) is 0 Å². The number of aryl methyl sites for hydroxylation is 1. The van der Waals surface area contributed by atoms with Gasteiger partial charge < -0.3 is 9.73 Å². The molecular formula is C17H16N2O2S. The number of nitrogens with one attached hydrogen (secondary N) is 1. The average Bonchev–Trinajstić information content (AvgIpc) is 3.16. The number of thiazole rings is 1. The second kappa shape index (κ2) is 6.58. The number of hydrogen-bond acceptors (Lipinski definition) is 4. The van der Waals surface area contributed by atoms with Crippen LogP contribution in [0.25, 0.3) is 11.3 Å². The molecular weight excluding hydrogens is 296 g/mol. The zero-order valence-electron chi connectivity index (χ0n) is 12.2.